The molecule has 128 valence electrons. The summed E-state index contributed by atoms with van der Waals surface area (Å²) in [5.74, 6) is 0.237. The molecule has 0 aliphatic rings. The van der Waals surface area contributed by atoms with E-state index in [1.165, 1.54) is 12.1 Å². The first-order valence-corrected chi connectivity index (χ1v) is 7.88. The zero-order valence-electron chi connectivity index (χ0n) is 13.8. The number of nitrogens with zero attached hydrogens (tertiary/aromatic N) is 1. The predicted molar refractivity (Wildman–Crippen MR) is 90.2 cm³/mol. The topological polar surface area (TPSA) is 38.8 Å². The molecule has 1 amide bonds. The minimum Gasteiger partial charge on any atom is -0.493 e. The van der Waals surface area contributed by atoms with E-state index < -0.39 is 0 Å². The summed E-state index contributed by atoms with van der Waals surface area (Å²) < 4.78 is 23.4. The largest absolute Gasteiger partial charge is 0.493 e. The van der Waals surface area contributed by atoms with Crippen molar-refractivity contribution in [2.45, 2.75) is 13.0 Å². The molecule has 0 N–H and O–H groups in total. The molecule has 0 atom stereocenters. The lowest BCUT2D eigenvalue weighted by molar-refractivity contribution is -0.133. The van der Waals surface area contributed by atoms with E-state index in [4.69, 9.17) is 9.47 Å². The molecule has 0 aliphatic carbocycles. The fourth-order valence-electron chi connectivity index (χ4n) is 2.24. The van der Waals surface area contributed by atoms with Crippen LogP contribution < -0.4 is 4.74 Å². The van der Waals surface area contributed by atoms with Gasteiger partial charge in [-0.2, -0.15) is 0 Å². The van der Waals surface area contributed by atoms with Crippen LogP contribution in [-0.2, 0) is 16.1 Å². The van der Waals surface area contributed by atoms with Crippen molar-refractivity contribution in [1.82, 2.24) is 4.90 Å². The molecule has 0 heterocycles. The Morgan fingerprint density at radius 1 is 1.04 bits per heavy atom. The van der Waals surface area contributed by atoms with Crippen molar-refractivity contribution in [1.29, 1.82) is 0 Å². The van der Waals surface area contributed by atoms with Crippen LogP contribution in [0.3, 0.4) is 0 Å². The van der Waals surface area contributed by atoms with Gasteiger partial charge in [0.05, 0.1) is 19.6 Å². The molecule has 0 spiro atoms. The van der Waals surface area contributed by atoms with Crippen LogP contribution in [0.1, 0.15) is 12.0 Å². The van der Waals surface area contributed by atoms with Crippen LogP contribution in [0, 0.1) is 5.82 Å². The van der Waals surface area contributed by atoms with Gasteiger partial charge in [-0.15, -0.1) is 0 Å². The molecule has 4 nitrogen and oxygen atoms in total. The van der Waals surface area contributed by atoms with Gasteiger partial charge in [0.1, 0.15) is 11.6 Å². The van der Waals surface area contributed by atoms with Crippen LogP contribution >= 0.6 is 0 Å². The van der Waals surface area contributed by atoms with E-state index in [1.807, 2.05) is 30.3 Å². The van der Waals surface area contributed by atoms with Crippen molar-refractivity contribution in [3.8, 4) is 5.75 Å². The maximum atomic E-state index is 12.8. The van der Waals surface area contributed by atoms with Gasteiger partial charge in [-0.3, -0.25) is 4.79 Å². The Labute approximate surface area is 141 Å². The van der Waals surface area contributed by atoms with Crippen molar-refractivity contribution in [2.75, 3.05) is 26.9 Å². The van der Waals surface area contributed by atoms with Crippen LogP contribution in [0.2, 0.25) is 0 Å². The molecule has 0 fully saturated rings. The third kappa shape index (κ3) is 6.01. The Hall–Kier alpha value is -2.40. The van der Waals surface area contributed by atoms with Crippen LogP contribution in [0.5, 0.6) is 5.75 Å². The molecule has 2 rings (SSSR count). The Morgan fingerprint density at radius 3 is 2.42 bits per heavy atom. The second kappa shape index (κ2) is 9.67. The molecule has 0 unspecified atom stereocenters. The third-order valence-electron chi connectivity index (χ3n) is 3.53. The van der Waals surface area contributed by atoms with E-state index in [9.17, 15) is 9.18 Å². The van der Waals surface area contributed by atoms with Crippen LogP contribution in [0.4, 0.5) is 4.39 Å². The maximum absolute atomic E-state index is 12.8. The molecule has 0 saturated carbocycles. The number of methoxy groups -OCH3 is 1. The summed E-state index contributed by atoms with van der Waals surface area (Å²) in [4.78, 5) is 14.2. The van der Waals surface area contributed by atoms with Gasteiger partial charge in [-0.25, -0.2) is 4.39 Å². The lowest BCUT2D eigenvalue weighted by Crippen LogP contribution is -2.34. The van der Waals surface area contributed by atoms with Crippen molar-refractivity contribution in [2.24, 2.45) is 0 Å². The van der Waals surface area contributed by atoms with Gasteiger partial charge in [0.2, 0.25) is 5.91 Å². The number of ether oxygens (including phenoxy) is 2. The molecule has 0 aromatic heterocycles. The summed E-state index contributed by atoms with van der Waals surface area (Å²) in [5.41, 5.74) is 1.07. The van der Waals surface area contributed by atoms with Gasteiger partial charge in [-0.05, 0) is 29.8 Å². The first-order valence-electron chi connectivity index (χ1n) is 7.88. The quantitative estimate of drug-likeness (QED) is 0.708. The highest BCUT2D eigenvalue weighted by atomic mass is 19.1. The summed E-state index contributed by atoms with van der Waals surface area (Å²) in [6.07, 6.45) is 0.258. The van der Waals surface area contributed by atoms with Crippen LogP contribution in [-0.4, -0.2) is 37.7 Å². The third-order valence-corrected chi connectivity index (χ3v) is 3.53. The lowest BCUT2D eigenvalue weighted by atomic mass is 10.2. The number of hydrogen-bond acceptors (Lipinski definition) is 3. The zero-order chi connectivity index (χ0) is 17.2. The molecular formula is C19H22FNO3. The lowest BCUT2D eigenvalue weighted by Gasteiger charge is -2.22. The molecule has 0 saturated heterocycles. The normalized spacial score (nSPS) is 10.4. The highest BCUT2D eigenvalue weighted by molar-refractivity contribution is 5.76. The van der Waals surface area contributed by atoms with Crippen LogP contribution in [0.25, 0.3) is 0 Å². The molecule has 0 bridgehead atoms. The number of carbonyl (C=O) groups excluding carboxylic acids is 1. The van der Waals surface area contributed by atoms with Crippen LogP contribution in [0.15, 0.2) is 54.6 Å². The average molecular weight is 331 g/mol. The van der Waals surface area contributed by atoms with Crippen molar-refractivity contribution in [3.05, 3.63) is 66.0 Å². The van der Waals surface area contributed by atoms with E-state index in [0.717, 1.165) is 5.56 Å². The molecule has 0 aliphatic heterocycles. The SMILES string of the molecule is COCCN(Cc1ccccc1)C(=O)CCOc1ccc(F)cc1. The Bertz CT molecular complexity index is 616. The number of hydrogen-bond donors (Lipinski definition) is 0. The van der Waals surface area contributed by atoms with Gasteiger partial charge >= 0.3 is 0 Å². The smallest absolute Gasteiger partial charge is 0.226 e. The first kappa shape index (κ1) is 17.9. The number of carbonyl (C=O) groups is 1. The monoisotopic (exact) mass is 331 g/mol. The highest BCUT2D eigenvalue weighted by Crippen LogP contribution is 2.12. The van der Waals surface area contributed by atoms with E-state index in [0.29, 0.717) is 25.4 Å². The second-order valence-corrected chi connectivity index (χ2v) is 5.35. The van der Waals surface area contributed by atoms with E-state index in [-0.39, 0.29) is 24.8 Å². The highest BCUT2D eigenvalue weighted by Gasteiger charge is 2.14. The van der Waals surface area contributed by atoms with Gasteiger partial charge in [0.15, 0.2) is 0 Å². The summed E-state index contributed by atoms with van der Waals surface area (Å²) in [7, 11) is 1.61. The molecule has 24 heavy (non-hydrogen) atoms. The van der Waals surface area contributed by atoms with E-state index >= 15 is 0 Å². The summed E-state index contributed by atoms with van der Waals surface area (Å²) in [5, 5.41) is 0. The molecular weight excluding hydrogens is 309 g/mol. The predicted octanol–water partition coefficient (Wildman–Crippen LogP) is 3.27. The zero-order valence-corrected chi connectivity index (χ0v) is 13.8. The average Bonchev–Trinajstić information content (AvgIpc) is 2.61. The number of halogens is 1. The fraction of sp³-hybridized carbons (Fsp3) is 0.316. The van der Waals surface area contributed by atoms with Gasteiger partial charge in [0, 0.05) is 20.2 Å². The first-order chi connectivity index (χ1) is 11.7. The Balaban J connectivity index is 1.85. The maximum Gasteiger partial charge on any atom is 0.226 e. The van der Waals surface area contributed by atoms with Gasteiger partial charge < -0.3 is 14.4 Å². The van der Waals surface area contributed by atoms with Crippen molar-refractivity contribution in [3.63, 3.8) is 0 Å². The minimum atomic E-state index is -0.313. The second-order valence-electron chi connectivity index (χ2n) is 5.35. The Kier molecular flexibility index (Phi) is 7.23. The van der Waals surface area contributed by atoms with E-state index in [1.54, 1.807) is 24.1 Å². The van der Waals surface area contributed by atoms with Gasteiger partial charge in [0.25, 0.3) is 0 Å². The molecule has 2 aromatic carbocycles. The number of benzene rings is 2. The number of rotatable bonds is 9. The fourth-order valence-corrected chi connectivity index (χ4v) is 2.24. The van der Waals surface area contributed by atoms with E-state index in [2.05, 4.69) is 0 Å². The van der Waals surface area contributed by atoms with Gasteiger partial charge in [-0.1, -0.05) is 30.3 Å². The summed E-state index contributed by atoms with van der Waals surface area (Å²) in [6.45, 7) is 1.81. The number of amides is 1. The summed E-state index contributed by atoms with van der Waals surface area (Å²) in [6, 6.07) is 15.6. The molecule has 0 radical (unpaired) electrons. The van der Waals surface area contributed by atoms with Crippen molar-refractivity contribution < 1.29 is 18.7 Å². The van der Waals surface area contributed by atoms with Crippen molar-refractivity contribution >= 4 is 5.91 Å². The Morgan fingerprint density at radius 2 is 1.75 bits per heavy atom. The summed E-state index contributed by atoms with van der Waals surface area (Å²) >= 11 is 0. The molecule has 5 heteroatoms. The minimum absolute atomic E-state index is 0.00184. The standard InChI is InChI=1S/C19H22FNO3/c1-23-14-12-21(15-16-5-3-2-4-6-16)19(22)11-13-24-18-9-7-17(20)8-10-18/h2-10H,11-15H2,1H3. The molecule has 2 aromatic rings.